The molecule has 0 radical (unpaired) electrons. The zero-order valence-electron chi connectivity index (χ0n) is 17.0. The Morgan fingerprint density at radius 3 is 2.43 bits per heavy atom. The van der Waals surface area contributed by atoms with Crippen LogP contribution in [-0.2, 0) is 9.59 Å². The second-order valence-corrected chi connectivity index (χ2v) is 8.10. The molecule has 1 aliphatic carbocycles. The minimum Gasteiger partial charge on any atom is -0.480 e. The SMILES string of the molecule is C=C(N)NCCCC1C(=O)N(C(=O)NC2CCC(c3ccccc3)CC2)C1C(=O)O. The Morgan fingerprint density at radius 1 is 1.17 bits per heavy atom. The average Bonchev–Trinajstić information content (AvgIpc) is 2.72. The summed E-state index contributed by atoms with van der Waals surface area (Å²) < 4.78 is 0. The molecule has 3 amide bonds. The van der Waals surface area contributed by atoms with Crippen LogP contribution < -0.4 is 16.4 Å². The highest BCUT2D eigenvalue weighted by molar-refractivity contribution is 6.07. The molecule has 1 aromatic rings. The van der Waals surface area contributed by atoms with Crippen LogP contribution in [0.4, 0.5) is 4.79 Å². The number of amides is 3. The quantitative estimate of drug-likeness (QED) is 0.382. The lowest BCUT2D eigenvalue weighted by atomic mass is 9.81. The summed E-state index contributed by atoms with van der Waals surface area (Å²) in [6.45, 7) is 4.02. The minimum atomic E-state index is -1.15. The monoisotopic (exact) mass is 414 g/mol. The lowest BCUT2D eigenvalue weighted by Crippen LogP contribution is -2.68. The predicted molar refractivity (Wildman–Crippen MR) is 112 cm³/mol. The number of carboxylic acid groups (broad SMARTS) is 1. The first-order valence-electron chi connectivity index (χ1n) is 10.5. The summed E-state index contributed by atoms with van der Waals surface area (Å²) in [5, 5.41) is 15.2. The molecule has 1 heterocycles. The maximum absolute atomic E-state index is 12.6. The Balaban J connectivity index is 1.49. The third-order valence-corrected chi connectivity index (χ3v) is 6.06. The topological polar surface area (TPSA) is 125 Å². The number of nitrogens with two attached hydrogens (primary N) is 1. The van der Waals surface area contributed by atoms with Crippen molar-refractivity contribution >= 4 is 17.9 Å². The summed E-state index contributed by atoms with van der Waals surface area (Å²) >= 11 is 0. The summed E-state index contributed by atoms with van der Waals surface area (Å²) in [6.07, 6.45) is 4.46. The highest BCUT2D eigenvalue weighted by atomic mass is 16.4. The molecule has 8 nitrogen and oxygen atoms in total. The van der Waals surface area contributed by atoms with E-state index in [9.17, 15) is 19.5 Å². The number of imide groups is 1. The van der Waals surface area contributed by atoms with Gasteiger partial charge in [-0.25, -0.2) is 14.5 Å². The van der Waals surface area contributed by atoms with Gasteiger partial charge < -0.3 is 21.5 Å². The fraction of sp³-hybridized carbons (Fsp3) is 0.500. The van der Waals surface area contributed by atoms with E-state index in [1.807, 2.05) is 18.2 Å². The van der Waals surface area contributed by atoms with E-state index in [0.717, 1.165) is 30.6 Å². The minimum absolute atomic E-state index is 0.0430. The number of urea groups is 1. The molecule has 1 aliphatic heterocycles. The zero-order chi connectivity index (χ0) is 21.7. The molecule has 1 saturated heterocycles. The van der Waals surface area contributed by atoms with Gasteiger partial charge >= 0.3 is 12.0 Å². The van der Waals surface area contributed by atoms with Crippen LogP contribution in [0.3, 0.4) is 0 Å². The predicted octanol–water partition coefficient (Wildman–Crippen LogP) is 2.13. The number of hydrogen-bond donors (Lipinski definition) is 4. The molecule has 1 aromatic carbocycles. The molecule has 162 valence electrons. The number of benzene rings is 1. The Bertz CT molecular complexity index is 790. The van der Waals surface area contributed by atoms with Crippen LogP contribution in [0.1, 0.15) is 50.0 Å². The largest absolute Gasteiger partial charge is 0.480 e. The lowest BCUT2D eigenvalue weighted by Gasteiger charge is -2.43. The number of carboxylic acids is 1. The lowest BCUT2D eigenvalue weighted by molar-refractivity contribution is -0.166. The maximum atomic E-state index is 12.6. The number of nitrogens with one attached hydrogen (secondary N) is 2. The number of nitrogens with zero attached hydrogens (tertiary/aromatic N) is 1. The number of rotatable bonds is 8. The third-order valence-electron chi connectivity index (χ3n) is 6.06. The van der Waals surface area contributed by atoms with Crippen molar-refractivity contribution in [2.24, 2.45) is 11.7 Å². The molecule has 5 N–H and O–H groups in total. The van der Waals surface area contributed by atoms with Crippen molar-refractivity contribution in [3.05, 3.63) is 48.3 Å². The summed E-state index contributed by atoms with van der Waals surface area (Å²) in [4.78, 5) is 37.6. The molecule has 3 rings (SSSR count). The molecule has 2 unspecified atom stereocenters. The molecule has 2 fully saturated rings. The fourth-order valence-corrected chi connectivity index (χ4v) is 4.45. The van der Waals surface area contributed by atoms with Gasteiger partial charge in [-0.3, -0.25) is 4.79 Å². The molecule has 0 bridgehead atoms. The summed E-state index contributed by atoms with van der Waals surface area (Å²) in [6, 6.07) is 8.56. The van der Waals surface area contributed by atoms with E-state index in [1.54, 1.807) is 0 Å². The van der Waals surface area contributed by atoms with Crippen LogP contribution in [0.25, 0.3) is 0 Å². The Kier molecular flexibility index (Phi) is 6.97. The first-order chi connectivity index (χ1) is 14.4. The van der Waals surface area contributed by atoms with Crippen molar-refractivity contribution in [3.8, 4) is 0 Å². The van der Waals surface area contributed by atoms with Gasteiger partial charge in [-0.1, -0.05) is 36.9 Å². The highest BCUT2D eigenvalue weighted by Gasteiger charge is 2.54. The summed E-state index contributed by atoms with van der Waals surface area (Å²) in [5.74, 6) is -1.47. The normalized spacial score (nSPS) is 25.9. The van der Waals surface area contributed by atoms with Crippen LogP contribution >= 0.6 is 0 Å². The second-order valence-electron chi connectivity index (χ2n) is 8.10. The fourth-order valence-electron chi connectivity index (χ4n) is 4.45. The van der Waals surface area contributed by atoms with Crippen molar-refractivity contribution in [1.82, 2.24) is 15.5 Å². The van der Waals surface area contributed by atoms with E-state index < -0.39 is 29.9 Å². The first kappa shape index (κ1) is 21.7. The van der Waals surface area contributed by atoms with Gasteiger partial charge in [0.05, 0.1) is 11.7 Å². The standard InChI is InChI=1S/C22H30N4O4/c1-14(23)24-13-5-8-18-19(21(28)29)26(20(18)27)22(30)25-17-11-9-16(10-12-17)15-6-3-2-4-7-15/h2-4,6-7,16-19,24H,1,5,8-13,23H2,(H,25,30)(H,28,29). The molecule has 0 aromatic heterocycles. The molecular weight excluding hydrogens is 384 g/mol. The summed E-state index contributed by atoms with van der Waals surface area (Å²) in [5.41, 5.74) is 6.73. The first-order valence-corrected chi connectivity index (χ1v) is 10.5. The Morgan fingerprint density at radius 2 is 1.83 bits per heavy atom. The number of likely N-dealkylation sites (tertiary alicyclic amines) is 1. The van der Waals surface area contributed by atoms with Gasteiger partial charge in [-0.2, -0.15) is 0 Å². The van der Waals surface area contributed by atoms with Gasteiger partial charge in [0.25, 0.3) is 0 Å². The van der Waals surface area contributed by atoms with Crippen LogP contribution in [0.2, 0.25) is 0 Å². The van der Waals surface area contributed by atoms with Crippen molar-refractivity contribution in [2.75, 3.05) is 6.54 Å². The number of β-lactam (4-membered cyclic amide) rings is 1. The number of carbonyl (C=O) groups is 3. The Hall–Kier alpha value is -3.03. The molecule has 30 heavy (non-hydrogen) atoms. The van der Waals surface area contributed by atoms with E-state index in [4.69, 9.17) is 5.73 Å². The average molecular weight is 415 g/mol. The molecule has 1 saturated carbocycles. The van der Waals surface area contributed by atoms with E-state index >= 15 is 0 Å². The van der Waals surface area contributed by atoms with Gasteiger partial charge in [0, 0.05) is 12.6 Å². The molecular formula is C22H30N4O4. The second kappa shape index (κ2) is 9.65. The van der Waals surface area contributed by atoms with Gasteiger partial charge in [-0.15, -0.1) is 0 Å². The van der Waals surface area contributed by atoms with E-state index in [-0.39, 0.29) is 6.04 Å². The van der Waals surface area contributed by atoms with Crippen molar-refractivity contribution in [3.63, 3.8) is 0 Å². The van der Waals surface area contributed by atoms with Gasteiger partial charge in [-0.05, 0) is 50.0 Å². The van der Waals surface area contributed by atoms with Crippen molar-refractivity contribution < 1.29 is 19.5 Å². The van der Waals surface area contributed by atoms with Gasteiger partial charge in [0.15, 0.2) is 6.04 Å². The van der Waals surface area contributed by atoms with E-state index in [2.05, 4.69) is 29.3 Å². The van der Waals surface area contributed by atoms with E-state index in [1.165, 1.54) is 5.56 Å². The third kappa shape index (κ3) is 4.93. The Labute approximate surface area is 176 Å². The number of hydrogen-bond acceptors (Lipinski definition) is 5. The van der Waals surface area contributed by atoms with Gasteiger partial charge in [0.1, 0.15) is 0 Å². The smallest absolute Gasteiger partial charge is 0.327 e. The van der Waals surface area contributed by atoms with Crippen LogP contribution in [0.5, 0.6) is 0 Å². The zero-order valence-corrected chi connectivity index (χ0v) is 17.0. The highest BCUT2D eigenvalue weighted by Crippen LogP contribution is 2.34. The van der Waals surface area contributed by atoms with Crippen LogP contribution in [-0.4, -0.2) is 46.5 Å². The van der Waals surface area contributed by atoms with E-state index in [0.29, 0.717) is 31.1 Å². The summed E-state index contributed by atoms with van der Waals surface area (Å²) in [7, 11) is 0. The molecule has 0 spiro atoms. The molecule has 2 atom stereocenters. The van der Waals surface area contributed by atoms with Crippen molar-refractivity contribution in [2.45, 2.75) is 56.5 Å². The molecule has 8 heteroatoms. The van der Waals surface area contributed by atoms with Crippen LogP contribution in [0.15, 0.2) is 42.7 Å². The molecule has 2 aliphatic rings. The number of carbonyl (C=O) groups excluding carboxylic acids is 2. The van der Waals surface area contributed by atoms with Gasteiger partial charge in [0.2, 0.25) is 5.91 Å². The number of aliphatic carboxylic acids is 1. The van der Waals surface area contributed by atoms with Crippen molar-refractivity contribution in [1.29, 1.82) is 0 Å². The van der Waals surface area contributed by atoms with Crippen LogP contribution in [0, 0.1) is 5.92 Å². The maximum Gasteiger partial charge on any atom is 0.327 e.